The minimum atomic E-state index is -4.75. The van der Waals surface area contributed by atoms with Crippen molar-refractivity contribution in [3.8, 4) is 22.8 Å². The molecule has 230 valence electrons. The van der Waals surface area contributed by atoms with E-state index in [2.05, 4.69) is 62.9 Å². The van der Waals surface area contributed by atoms with E-state index in [4.69, 9.17) is 0 Å². The van der Waals surface area contributed by atoms with Gasteiger partial charge in [0.15, 0.2) is 11.0 Å². The van der Waals surface area contributed by atoms with Gasteiger partial charge in [-0.3, -0.25) is 0 Å². The lowest BCUT2D eigenvalue weighted by atomic mass is 9.99. The van der Waals surface area contributed by atoms with Gasteiger partial charge >= 0.3 is 12.4 Å². The molecule has 0 saturated carbocycles. The number of amides is 2. The molecule has 2 unspecified atom stereocenters. The Kier molecular flexibility index (Phi) is 9.28. The van der Waals surface area contributed by atoms with Crippen molar-refractivity contribution in [3.63, 3.8) is 0 Å². The molecular weight excluding hydrogens is 589 g/mol. The lowest BCUT2D eigenvalue weighted by Crippen LogP contribution is -2.42. The highest BCUT2D eigenvalue weighted by molar-refractivity contribution is 8.14. The maximum atomic E-state index is 13.1. The Labute approximate surface area is 258 Å². The second-order valence-electron chi connectivity index (χ2n) is 10.8. The normalized spacial score (nSPS) is 17.1. The standard InChI is InChI=1S/C32H33F3N6O2S/c1-20(2)27-7-5-6-8-28(27)41-21(3)17-18-44-31(41)38-30(42)37-22(4)23-9-11-24(12-10-23)29-36-19-40(39-29)25-13-15-26(16-14-25)43-32(33,34)35/h5-16,19-22H,17-18H2,1-4H3,(H,37,42)/b38-31-. The van der Waals surface area contributed by atoms with Crippen molar-refractivity contribution >= 4 is 28.6 Å². The molecule has 0 spiro atoms. The van der Waals surface area contributed by atoms with E-state index in [0.717, 1.165) is 29.0 Å². The fourth-order valence-electron chi connectivity index (χ4n) is 4.96. The van der Waals surface area contributed by atoms with E-state index in [-0.39, 0.29) is 17.8 Å². The van der Waals surface area contributed by atoms with Crippen LogP contribution in [0.2, 0.25) is 0 Å². The van der Waals surface area contributed by atoms with Crippen molar-refractivity contribution in [1.82, 2.24) is 20.1 Å². The zero-order valence-electron chi connectivity index (χ0n) is 24.7. The molecule has 1 N–H and O–H groups in total. The molecule has 44 heavy (non-hydrogen) atoms. The first-order chi connectivity index (χ1) is 21.0. The second-order valence-corrected chi connectivity index (χ2v) is 11.9. The molecule has 2 amide bonds. The van der Waals surface area contributed by atoms with Crippen molar-refractivity contribution in [2.45, 2.75) is 58.5 Å². The summed E-state index contributed by atoms with van der Waals surface area (Å²) in [7, 11) is 0. The minimum Gasteiger partial charge on any atom is -0.406 e. The molecular formula is C32H33F3N6O2S. The number of halogens is 3. The molecule has 2 heterocycles. The van der Waals surface area contributed by atoms with Crippen molar-refractivity contribution in [3.05, 3.63) is 90.3 Å². The summed E-state index contributed by atoms with van der Waals surface area (Å²) in [6, 6.07) is 20.6. The number of amidine groups is 1. The third-order valence-electron chi connectivity index (χ3n) is 7.26. The molecule has 1 aliphatic rings. The Morgan fingerprint density at radius 1 is 1.05 bits per heavy atom. The number of hydrogen-bond acceptors (Lipinski definition) is 5. The highest BCUT2D eigenvalue weighted by Gasteiger charge is 2.31. The number of rotatable bonds is 7. The Hall–Kier alpha value is -4.32. The fourth-order valence-corrected chi connectivity index (χ4v) is 6.16. The molecule has 0 radical (unpaired) electrons. The van der Waals surface area contributed by atoms with Gasteiger partial charge in [-0.25, -0.2) is 14.5 Å². The molecule has 1 aliphatic heterocycles. The quantitative estimate of drug-likeness (QED) is 0.224. The molecule has 0 bridgehead atoms. The lowest BCUT2D eigenvalue weighted by Gasteiger charge is -2.37. The first-order valence-corrected chi connectivity index (χ1v) is 15.3. The van der Waals surface area contributed by atoms with Crippen LogP contribution in [0.3, 0.4) is 0 Å². The van der Waals surface area contributed by atoms with Gasteiger partial charge in [-0.1, -0.05) is 68.1 Å². The van der Waals surface area contributed by atoms with Crippen LogP contribution < -0.4 is 15.0 Å². The maximum absolute atomic E-state index is 13.1. The van der Waals surface area contributed by atoms with Gasteiger partial charge in [0.05, 0.1) is 11.7 Å². The number of aromatic nitrogens is 3. The van der Waals surface area contributed by atoms with E-state index in [0.29, 0.717) is 22.6 Å². The number of ether oxygens (including phenoxy) is 1. The third kappa shape index (κ3) is 7.42. The van der Waals surface area contributed by atoms with E-state index < -0.39 is 12.4 Å². The number of anilines is 1. The number of carbonyl (C=O) groups excluding carboxylic acids is 1. The van der Waals surface area contributed by atoms with Crippen molar-refractivity contribution in [2.24, 2.45) is 4.99 Å². The first-order valence-electron chi connectivity index (χ1n) is 14.3. The number of para-hydroxylation sites is 1. The second kappa shape index (κ2) is 13.1. The average Bonchev–Trinajstić information content (AvgIpc) is 3.47. The lowest BCUT2D eigenvalue weighted by molar-refractivity contribution is -0.274. The van der Waals surface area contributed by atoms with Gasteiger partial charge < -0.3 is 15.0 Å². The van der Waals surface area contributed by atoms with Crippen molar-refractivity contribution in [1.29, 1.82) is 0 Å². The number of aliphatic imine (C=N–C) groups is 1. The highest BCUT2D eigenvalue weighted by atomic mass is 32.2. The topological polar surface area (TPSA) is 84.6 Å². The van der Waals surface area contributed by atoms with Gasteiger partial charge in [-0.2, -0.15) is 4.99 Å². The van der Waals surface area contributed by atoms with Crippen LogP contribution in [-0.4, -0.2) is 44.1 Å². The molecule has 1 fully saturated rings. The summed E-state index contributed by atoms with van der Waals surface area (Å²) in [4.78, 5) is 24.1. The van der Waals surface area contributed by atoms with E-state index in [9.17, 15) is 18.0 Å². The molecule has 2 atom stereocenters. The number of carbonyl (C=O) groups is 1. The highest BCUT2D eigenvalue weighted by Crippen LogP contribution is 2.35. The Balaban J connectivity index is 1.25. The van der Waals surface area contributed by atoms with Crippen LogP contribution in [0.5, 0.6) is 5.75 Å². The van der Waals surface area contributed by atoms with E-state index in [1.807, 2.05) is 43.3 Å². The summed E-state index contributed by atoms with van der Waals surface area (Å²) in [5, 5.41) is 8.13. The maximum Gasteiger partial charge on any atom is 0.573 e. The smallest absolute Gasteiger partial charge is 0.406 e. The molecule has 8 nitrogen and oxygen atoms in total. The van der Waals surface area contributed by atoms with Crippen LogP contribution >= 0.6 is 11.8 Å². The van der Waals surface area contributed by atoms with E-state index >= 15 is 0 Å². The molecule has 3 aromatic carbocycles. The summed E-state index contributed by atoms with van der Waals surface area (Å²) in [5.74, 6) is 1.36. The Morgan fingerprint density at radius 3 is 2.43 bits per heavy atom. The number of benzene rings is 3. The van der Waals surface area contributed by atoms with Crippen LogP contribution in [0.25, 0.3) is 17.1 Å². The van der Waals surface area contributed by atoms with E-state index in [1.54, 1.807) is 11.8 Å². The summed E-state index contributed by atoms with van der Waals surface area (Å²) in [5.41, 5.74) is 4.46. The van der Waals surface area contributed by atoms with Gasteiger partial charge in [0.25, 0.3) is 0 Å². The largest absolute Gasteiger partial charge is 0.573 e. The van der Waals surface area contributed by atoms with Crippen LogP contribution in [-0.2, 0) is 0 Å². The van der Waals surface area contributed by atoms with Crippen LogP contribution in [0.1, 0.15) is 57.2 Å². The van der Waals surface area contributed by atoms with Crippen LogP contribution in [0.15, 0.2) is 84.1 Å². The predicted molar refractivity (Wildman–Crippen MR) is 167 cm³/mol. The van der Waals surface area contributed by atoms with Crippen LogP contribution in [0, 0.1) is 0 Å². The minimum absolute atomic E-state index is 0.215. The SMILES string of the molecule is CC(C)c1ccccc1N1/C(=N/C(=O)NC(C)c2ccc(-c3ncn(-c4ccc(OC(F)(F)F)cc4)n3)cc2)SCCC1C. The molecule has 1 saturated heterocycles. The number of nitrogens with one attached hydrogen (secondary N) is 1. The monoisotopic (exact) mass is 622 g/mol. The number of hydrogen-bond donors (Lipinski definition) is 1. The van der Waals surface area contributed by atoms with Crippen molar-refractivity contribution < 1.29 is 22.7 Å². The van der Waals surface area contributed by atoms with Crippen LogP contribution in [0.4, 0.5) is 23.7 Å². The molecule has 0 aliphatic carbocycles. The number of nitrogens with zero attached hydrogens (tertiary/aromatic N) is 5. The zero-order chi connectivity index (χ0) is 31.4. The molecule has 12 heteroatoms. The first kappa shape index (κ1) is 31.1. The summed E-state index contributed by atoms with van der Waals surface area (Å²) >= 11 is 1.59. The van der Waals surface area contributed by atoms with Gasteiger partial charge in [-0.05, 0) is 67.6 Å². The Bertz CT molecular complexity index is 1620. The summed E-state index contributed by atoms with van der Waals surface area (Å²) in [6.07, 6.45) is -2.27. The predicted octanol–water partition coefficient (Wildman–Crippen LogP) is 8.11. The van der Waals surface area contributed by atoms with Gasteiger partial charge in [0, 0.05) is 23.0 Å². The summed E-state index contributed by atoms with van der Waals surface area (Å²) < 4.78 is 42.7. The van der Waals surface area contributed by atoms with E-state index in [1.165, 1.54) is 40.8 Å². The molecule has 4 aromatic rings. The average molecular weight is 623 g/mol. The third-order valence-corrected chi connectivity index (χ3v) is 8.25. The fraction of sp³-hybridized carbons (Fsp3) is 0.312. The summed E-state index contributed by atoms with van der Waals surface area (Å²) in [6.45, 7) is 8.39. The number of alkyl halides is 3. The van der Waals surface area contributed by atoms with Gasteiger partial charge in [0.1, 0.15) is 12.1 Å². The van der Waals surface area contributed by atoms with Crippen molar-refractivity contribution in [2.75, 3.05) is 10.7 Å². The number of urea groups is 1. The molecule has 5 rings (SSSR count). The van der Waals surface area contributed by atoms with Gasteiger partial charge in [0.2, 0.25) is 0 Å². The van der Waals surface area contributed by atoms with Gasteiger partial charge in [-0.15, -0.1) is 18.3 Å². The molecule has 1 aromatic heterocycles. The zero-order valence-corrected chi connectivity index (χ0v) is 25.6. The number of thioether (sulfide) groups is 1. The Morgan fingerprint density at radius 2 is 1.75 bits per heavy atom.